The Labute approximate surface area is 272 Å². The number of fused-ring (bicyclic) bond motifs is 5. The van der Waals surface area contributed by atoms with Crippen molar-refractivity contribution >= 4 is 11.4 Å². The van der Waals surface area contributed by atoms with Gasteiger partial charge in [-0.3, -0.25) is 0 Å². The second-order valence-electron chi connectivity index (χ2n) is 11.7. The molecular weight excluding hydrogens is 578 g/mol. The minimum absolute atomic E-state index is 0.0602. The normalized spacial score (nSPS) is 15.7. The number of para-hydroxylation sites is 1. The molecule has 47 heavy (non-hydrogen) atoms. The second-order valence-corrected chi connectivity index (χ2v) is 11.7. The fourth-order valence-electron chi connectivity index (χ4n) is 6.52. The first-order chi connectivity index (χ1) is 23.3. The van der Waals surface area contributed by atoms with Gasteiger partial charge in [-0.05, 0) is 23.3 Å². The maximum Gasteiger partial charge on any atom is 0.196 e. The first-order valence-corrected chi connectivity index (χ1v) is 15.8. The van der Waals surface area contributed by atoms with Gasteiger partial charge in [-0.2, -0.15) is 0 Å². The van der Waals surface area contributed by atoms with Gasteiger partial charge < -0.3 is 15.4 Å². The van der Waals surface area contributed by atoms with Crippen molar-refractivity contribution in [2.75, 3.05) is 10.6 Å². The van der Waals surface area contributed by atoms with E-state index in [1.54, 1.807) is 0 Å². The molecule has 0 saturated carbocycles. The van der Waals surface area contributed by atoms with Crippen molar-refractivity contribution in [3.8, 4) is 51.0 Å². The zero-order chi connectivity index (χ0) is 31.2. The highest BCUT2D eigenvalue weighted by Crippen LogP contribution is 2.52. The molecule has 9 rings (SSSR count). The van der Waals surface area contributed by atoms with Crippen LogP contribution >= 0.6 is 0 Å². The van der Waals surface area contributed by atoms with Gasteiger partial charge in [0.2, 0.25) is 0 Å². The Bertz CT molecular complexity index is 2160. The van der Waals surface area contributed by atoms with Crippen LogP contribution in [-0.2, 0) is 0 Å². The molecule has 0 saturated heterocycles. The SMILES string of the molecule is c1ccc(-c2nc(-c3ccccc3)nc(-c3ccc(C4Nc5ccccc5-c5c4ccc4c5NC(c5ccccc5)O4)cc3)n2)cc1. The van der Waals surface area contributed by atoms with Crippen LogP contribution in [0.3, 0.4) is 0 Å². The molecule has 2 aliphatic heterocycles. The van der Waals surface area contributed by atoms with Gasteiger partial charge in [0.05, 0.1) is 11.7 Å². The van der Waals surface area contributed by atoms with Gasteiger partial charge in [-0.25, -0.2) is 15.0 Å². The quantitative estimate of drug-likeness (QED) is 0.203. The number of hydrogen-bond donors (Lipinski definition) is 2. The molecule has 0 radical (unpaired) electrons. The summed E-state index contributed by atoms with van der Waals surface area (Å²) < 4.78 is 6.41. The average Bonchev–Trinajstić information content (AvgIpc) is 3.60. The molecule has 1 aromatic heterocycles. The van der Waals surface area contributed by atoms with Crippen LogP contribution in [0.2, 0.25) is 0 Å². The first-order valence-electron chi connectivity index (χ1n) is 15.8. The summed E-state index contributed by atoms with van der Waals surface area (Å²) in [6.45, 7) is 0. The number of ether oxygens (including phenoxy) is 1. The van der Waals surface area contributed by atoms with Crippen molar-refractivity contribution in [1.82, 2.24) is 15.0 Å². The van der Waals surface area contributed by atoms with Crippen molar-refractivity contribution in [3.63, 3.8) is 0 Å². The molecule has 3 heterocycles. The van der Waals surface area contributed by atoms with Gasteiger partial charge >= 0.3 is 0 Å². The zero-order valence-electron chi connectivity index (χ0n) is 25.3. The Morgan fingerprint density at radius 3 is 1.66 bits per heavy atom. The third kappa shape index (κ3) is 4.87. The molecule has 0 fully saturated rings. The molecule has 0 amide bonds. The molecule has 2 N–H and O–H groups in total. The Morgan fingerprint density at radius 1 is 0.468 bits per heavy atom. The number of hydrogen-bond acceptors (Lipinski definition) is 6. The highest BCUT2D eigenvalue weighted by atomic mass is 16.5. The number of anilines is 2. The maximum atomic E-state index is 6.41. The third-order valence-corrected chi connectivity index (χ3v) is 8.83. The first kappa shape index (κ1) is 27.1. The monoisotopic (exact) mass is 607 g/mol. The molecule has 0 aliphatic carbocycles. The number of aromatic nitrogens is 3. The molecule has 2 aliphatic rings. The van der Waals surface area contributed by atoms with E-state index >= 15 is 0 Å². The van der Waals surface area contributed by atoms with Gasteiger partial charge in [0.15, 0.2) is 23.7 Å². The summed E-state index contributed by atoms with van der Waals surface area (Å²) in [7, 11) is 0. The van der Waals surface area contributed by atoms with Crippen LogP contribution in [0.4, 0.5) is 11.4 Å². The number of nitrogens with one attached hydrogen (secondary N) is 2. The number of nitrogens with zero attached hydrogens (tertiary/aromatic N) is 3. The summed E-state index contributed by atoms with van der Waals surface area (Å²) in [5.74, 6) is 2.80. The van der Waals surface area contributed by atoms with E-state index in [0.29, 0.717) is 17.5 Å². The van der Waals surface area contributed by atoms with Crippen molar-refractivity contribution in [2.24, 2.45) is 0 Å². The van der Waals surface area contributed by atoms with E-state index in [1.165, 1.54) is 11.1 Å². The van der Waals surface area contributed by atoms with Crippen LogP contribution in [-0.4, -0.2) is 15.0 Å². The summed E-state index contributed by atoms with van der Waals surface area (Å²) in [6.07, 6.45) is -0.237. The summed E-state index contributed by atoms with van der Waals surface area (Å²) in [6, 6.07) is 51.7. The molecule has 224 valence electrons. The minimum atomic E-state index is -0.237. The van der Waals surface area contributed by atoms with E-state index in [0.717, 1.165) is 50.5 Å². The summed E-state index contributed by atoms with van der Waals surface area (Å²) in [5, 5.41) is 7.50. The van der Waals surface area contributed by atoms with E-state index in [2.05, 4.69) is 83.4 Å². The summed E-state index contributed by atoms with van der Waals surface area (Å²) in [5.41, 5.74) is 10.7. The lowest BCUT2D eigenvalue weighted by Crippen LogP contribution is -2.18. The molecule has 2 unspecified atom stereocenters. The lowest BCUT2D eigenvalue weighted by atomic mass is 9.85. The summed E-state index contributed by atoms with van der Waals surface area (Å²) >= 11 is 0. The van der Waals surface area contributed by atoms with Crippen LogP contribution < -0.4 is 15.4 Å². The van der Waals surface area contributed by atoms with Crippen molar-refractivity contribution in [1.29, 1.82) is 0 Å². The summed E-state index contributed by atoms with van der Waals surface area (Å²) in [4.78, 5) is 14.7. The van der Waals surface area contributed by atoms with E-state index < -0.39 is 0 Å². The molecule has 6 nitrogen and oxygen atoms in total. The Hall–Kier alpha value is -6.27. The Kier molecular flexibility index (Phi) is 6.49. The highest BCUT2D eigenvalue weighted by molar-refractivity contribution is 5.95. The predicted octanol–water partition coefficient (Wildman–Crippen LogP) is 9.56. The minimum Gasteiger partial charge on any atom is -0.464 e. The molecule has 6 aromatic carbocycles. The molecule has 2 atom stereocenters. The highest BCUT2D eigenvalue weighted by Gasteiger charge is 2.33. The topological polar surface area (TPSA) is 72.0 Å². The van der Waals surface area contributed by atoms with Crippen molar-refractivity contribution in [2.45, 2.75) is 12.3 Å². The van der Waals surface area contributed by atoms with Gasteiger partial charge in [0.1, 0.15) is 5.75 Å². The van der Waals surface area contributed by atoms with Crippen molar-refractivity contribution < 1.29 is 4.74 Å². The van der Waals surface area contributed by atoms with E-state index in [4.69, 9.17) is 19.7 Å². The standard InChI is InChI=1S/C41H29N5O/c1-4-12-27(13-5-1)38-44-39(28-14-6-2-7-15-28)46-40(45-38)29-22-20-26(21-23-29)36-32-24-25-34-37(35(32)31-18-10-11-19-33(31)42-36)43-41(47-34)30-16-8-3-9-17-30/h1-25,36,41-43H. The molecule has 0 spiro atoms. The van der Waals surface area contributed by atoms with Gasteiger partial charge in [-0.1, -0.05) is 140 Å². The van der Waals surface area contributed by atoms with Gasteiger partial charge in [0.25, 0.3) is 0 Å². The Balaban J connectivity index is 1.10. The smallest absolute Gasteiger partial charge is 0.196 e. The van der Waals surface area contributed by atoms with Crippen LogP contribution in [0, 0.1) is 0 Å². The van der Waals surface area contributed by atoms with Gasteiger partial charge in [-0.15, -0.1) is 0 Å². The van der Waals surface area contributed by atoms with Crippen LogP contribution in [0.25, 0.3) is 45.3 Å². The molecule has 7 aromatic rings. The maximum absolute atomic E-state index is 6.41. The van der Waals surface area contributed by atoms with Crippen LogP contribution in [0.1, 0.15) is 29.0 Å². The van der Waals surface area contributed by atoms with E-state index in [9.17, 15) is 0 Å². The van der Waals surface area contributed by atoms with E-state index in [-0.39, 0.29) is 12.3 Å². The lowest BCUT2D eigenvalue weighted by molar-refractivity contribution is 0.260. The zero-order valence-corrected chi connectivity index (χ0v) is 25.3. The average molecular weight is 608 g/mol. The van der Waals surface area contributed by atoms with Crippen LogP contribution in [0.5, 0.6) is 5.75 Å². The lowest BCUT2D eigenvalue weighted by Gasteiger charge is -2.31. The van der Waals surface area contributed by atoms with E-state index in [1.807, 2.05) is 78.9 Å². The molecule has 6 heteroatoms. The molecule has 0 bridgehead atoms. The predicted molar refractivity (Wildman–Crippen MR) is 187 cm³/mol. The third-order valence-electron chi connectivity index (χ3n) is 8.83. The van der Waals surface area contributed by atoms with Gasteiger partial charge in [0, 0.05) is 39.1 Å². The van der Waals surface area contributed by atoms with Crippen molar-refractivity contribution in [3.05, 3.63) is 168 Å². The Morgan fingerprint density at radius 2 is 1.02 bits per heavy atom. The molecular formula is C41H29N5O. The fourth-order valence-corrected chi connectivity index (χ4v) is 6.52. The second kappa shape index (κ2) is 11.3. The fraction of sp³-hybridized carbons (Fsp3) is 0.0488. The number of benzene rings is 6. The number of rotatable bonds is 5. The van der Waals surface area contributed by atoms with Crippen LogP contribution in [0.15, 0.2) is 152 Å². The largest absolute Gasteiger partial charge is 0.464 e.